The second-order valence-corrected chi connectivity index (χ2v) is 7.91. The van der Waals surface area contributed by atoms with Crippen molar-refractivity contribution in [2.75, 3.05) is 7.11 Å². The zero-order valence-corrected chi connectivity index (χ0v) is 12.6. The van der Waals surface area contributed by atoms with Crippen molar-refractivity contribution in [2.24, 2.45) is 17.8 Å². The van der Waals surface area contributed by atoms with Crippen LogP contribution in [-0.4, -0.2) is 31.7 Å². The maximum Gasteiger partial charge on any atom is 0.391 e. The first-order valence-corrected chi connectivity index (χ1v) is 7.91. The Kier molecular flexibility index (Phi) is 5.14. The van der Waals surface area contributed by atoms with Gasteiger partial charge in [-0.25, -0.2) is 0 Å². The van der Waals surface area contributed by atoms with Crippen molar-refractivity contribution in [3.63, 3.8) is 0 Å². The van der Waals surface area contributed by atoms with E-state index < -0.39 is 33.1 Å². The molecule has 1 fully saturated rings. The van der Waals surface area contributed by atoms with Crippen molar-refractivity contribution in [3.05, 3.63) is 0 Å². The summed E-state index contributed by atoms with van der Waals surface area (Å²) in [6.07, 6.45) is -4.25. The Morgan fingerprint density at radius 2 is 1.85 bits per heavy atom. The fourth-order valence-corrected chi connectivity index (χ4v) is 3.54. The molecule has 8 heteroatoms. The SMILES string of the molecule is COS(=O)(=O)C(C)(O)CC1CC(C(F)(F)F)CCC1C. The molecule has 0 aromatic rings. The van der Waals surface area contributed by atoms with E-state index in [1.807, 2.05) is 0 Å². The predicted octanol–water partition coefficient (Wildman–Crippen LogP) is 2.68. The fraction of sp³-hybridized carbons (Fsp3) is 1.00. The van der Waals surface area contributed by atoms with Gasteiger partial charge in [0.05, 0.1) is 13.0 Å². The molecule has 0 aromatic carbocycles. The standard InChI is InChI=1S/C12H21F3O4S/c1-8-4-5-10(12(13,14)15)6-9(8)7-11(2,16)20(17,18)19-3/h8-10,16H,4-7H2,1-3H3. The first kappa shape index (κ1) is 17.7. The molecular formula is C12H21F3O4S. The van der Waals surface area contributed by atoms with Crippen LogP contribution in [0.4, 0.5) is 13.2 Å². The minimum atomic E-state index is -4.27. The van der Waals surface area contributed by atoms with Crippen molar-refractivity contribution in [2.45, 2.75) is 50.6 Å². The molecule has 0 amide bonds. The second-order valence-electron chi connectivity index (χ2n) is 5.79. The predicted molar refractivity (Wildman–Crippen MR) is 67.2 cm³/mol. The lowest BCUT2D eigenvalue weighted by atomic mass is 9.72. The van der Waals surface area contributed by atoms with Crippen molar-refractivity contribution in [1.29, 1.82) is 0 Å². The van der Waals surface area contributed by atoms with E-state index >= 15 is 0 Å². The highest BCUT2D eigenvalue weighted by Crippen LogP contribution is 2.45. The largest absolute Gasteiger partial charge is 0.391 e. The van der Waals surface area contributed by atoms with E-state index in [0.717, 1.165) is 14.0 Å². The minimum Gasteiger partial charge on any atom is -0.373 e. The van der Waals surface area contributed by atoms with Gasteiger partial charge in [-0.3, -0.25) is 4.18 Å². The third-order valence-electron chi connectivity index (χ3n) is 4.22. The Morgan fingerprint density at radius 3 is 2.30 bits per heavy atom. The summed E-state index contributed by atoms with van der Waals surface area (Å²) in [6.45, 7) is 2.85. The van der Waals surface area contributed by atoms with Crippen molar-refractivity contribution in [3.8, 4) is 0 Å². The topological polar surface area (TPSA) is 63.6 Å². The Bertz CT molecular complexity index is 430. The van der Waals surface area contributed by atoms with Crippen LogP contribution in [0.2, 0.25) is 0 Å². The quantitative estimate of drug-likeness (QED) is 0.810. The van der Waals surface area contributed by atoms with E-state index in [0.29, 0.717) is 6.42 Å². The maximum atomic E-state index is 12.8. The van der Waals surface area contributed by atoms with Gasteiger partial charge in [-0.05, 0) is 44.4 Å². The van der Waals surface area contributed by atoms with Gasteiger partial charge >= 0.3 is 6.18 Å². The zero-order chi connectivity index (χ0) is 15.8. The number of aliphatic hydroxyl groups is 1. The van der Waals surface area contributed by atoms with E-state index in [4.69, 9.17) is 0 Å². The molecule has 0 bridgehead atoms. The van der Waals surface area contributed by atoms with Crippen LogP contribution in [0.3, 0.4) is 0 Å². The molecule has 1 saturated carbocycles. The summed E-state index contributed by atoms with van der Waals surface area (Å²) >= 11 is 0. The molecule has 0 spiro atoms. The minimum absolute atomic E-state index is 0.0559. The lowest BCUT2D eigenvalue weighted by Gasteiger charge is -2.38. The average Bonchev–Trinajstić information content (AvgIpc) is 2.30. The summed E-state index contributed by atoms with van der Waals surface area (Å²) < 4.78 is 65.8. The van der Waals surface area contributed by atoms with Crippen LogP contribution in [0, 0.1) is 17.8 Å². The van der Waals surface area contributed by atoms with Gasteiger partial charge in [0.25, 0.3) is 10.1 Å². The van der Waals surface area contributed by atoms with Gasteiger partial charge in [0.15, 0.2) is 4.93 Å². The molecule has 1 rings (SSSR count). The number of hydrogen-bond acceptors (Lipinski definition) is 4. The molecular weight excluding hydrogens is 297 g/mol. The Balaban J connectivity index is 2.84. The molecule has 4 unspecified atom stereocenters. The van der Waals surface area contributed by atoms with Crippen LogP contribution in [-0.2, 0) is 14.3 Å². The molecule has 0 radical (unpaired) electrons. The summed E-state index contributed by atoms with van der Waals surface area (Å²) in [7, 11) is -3.28. The van der Waals surface area contributed by atoms with Gasteiger partial charge in [-0.15, -0.1) is 0 Å². The average molecular weight is 318 g/mol. The second kappa shape index (κ2) is 5.81. The van der Waals surface area contributed by atoms with E-state index in [9.17, 15) is 26.7 Å². The van der Waals surface area contributed by atoms with E-state index in [1.165, 1.54) is 0 Å². The van der Waals surface area contributed by atoms with Crippen LogP contribution in [0.15, 0.2) is 0 Å². The Morgan fingerprint density at radius 1 is 1.30 bits per heavy atom. The molecule has 4 atom stereocenters. The van der Waals surface area contributed by atoms with Crippen LogP contribution < -0.4 is 0 Å². The van der Waals surface area contributed by atoms with Crippen molar-refractivity contribution >= 4 is 10.1 Å². The molecule has 1 aliphatic carbocycles. The summed E-state index contributed by atoms with van der Waals surface area (Å²) in [5.74, 6) is -1.99. The highest BCUT2D eigenvalue weighted by molar-refractivity contribution is 7.87. The monoisotopic (exact) mass is 318 g/mol. The highest BCUT2D eigenvalue weighted by atomic mass is 32.2. The van der Waals surface area contributed by atoms with Gasteiger partial charge in [0, 0.05) is 0 Å². The van der Waals surface area contributed by atoms with E-state index in [2.05, 4.69) is 4.18 Å². The van der Waals surface area contributed by atoms with Gasteiger partial charge < -0.3 is 5.11 Å². The van der Waals surface area contributed by atoms with Crippen LogP contribution >= 0.6 is 0 Å². The first-order chi connectivity index (χ1) is 8.90. The van der Waals surface area contributed by atoms with Crippen LogP contribution in [0.5, 0.6) is 0 Å². The lowest BCUT2D eigenvalue weighted by molar-refractivity contribution is -0.189. The summed E-state index contributed by atoms with van der Waals surface area (Å²) in [4.78, 5) is -2.17. The Hall–Kier alpha value is -0.340. The highest BCUT2D eigenvalue weighted by Gasteiger charge is 2.47. The van der Waals surface area contributed by atoms with Crippen LogP contribution in [0.1, 0.15) is 39.5 Å². The summed E-state index contributed by atoms with van der Waals surface area (Å²) in [6, 6.07) is 0. The maximum absolute atomic E-state index is 12.8. The number of halogens is 3. The zero-order valence-electron chi connectivity index (χ0n) is 11.8. The smallest absolute Gasteiger partial charge is 0.373 e. The van der Waals surface area contributed by atoms with E-state index in [1.54, 1.807) is 6.92 Å². The number of rotatable bonds is 4. The molecule has 120 valence electrons. The molecule has 1 N–H and O–H groups in total. The summed E-state index contributed by atoms with van der Waals surface area (Å²) in [5.41, 5.74) is 0. The van der Waals surface area contributed by atoms with Crippen molar-refractivity contribution in [1.82, 2.24) is 0 Å². The summed E-state index contributed by atoms with van der Waals surface area (Å²) in [5, 5.41) is 10.0. The molecule has 0 saturated heterocycles. The lowest BCUT2D eigenvalue weighted by Crippen LogP contribution is -2.41. The number of alkyl halides is 3. The van der Waals surface area contributed by atoms with E-state index in [-0.39, 0.29) is 25.2 Å². The van der Waals surface area contributed by atoms with Gasteiger partial charge in [-0.1, -0.05) is 6.92 Å². The fourth-order valence-electron chi connectivity index (χ4n) is 2.77. The van der Waals surface area contributed by atoms with Crippen molar-refractivity contribution < 1.29 is 30.9 Å². The third-order valence-corrected chi connectivity index (χ3v) is 5.91. The van der Waals surface area contributed by atoms with Gasteiger partial charge in [-0.2, -0.15) is 21.6 Å². The van der Waals surface area contributed by atoms with Gasteiger partial charge in [0.1, 0.15) is 0 Å². The Labute approximate surface area is 117 Å². The normalized spacial score (nSPS) is 31.9. The molecule has 4 nitrogen and oxygen atoms in total. The molecule has 0 heterocycles. The first-order valence-electron chi connectivity index (χ1n) is 6.50. The molecule has 0 aliphatic heterocycles. The molecule has 1 aliphatic rings. The molecule has 20 heavy (non-hydrogen) atoms. The van der Waals surface area contributed by atoms with Gasteiger partial charge in [0.2, 0.25) is 0 Å². The third kappa shape index (κ3) is 3.85. The van der Waals surface area contributed by atoms with Crippen LogP contribution in [0.25, 0.3) is 0 Å². The molecule has 0 aromatic heterocycles. The number of hydrogen-bond donors (Lipinski definition) is 1.